The number of aromatic nitrogens is 3. The Balaban J connectivity index is 1.56. The molecule has 6 heteroatoms. The summed E-state index contributed by atoms with van der Waals surface area (Å²) in [5.41, 5.74) is 0.847. The first-order valence-corrected chi connectivity index (χ1v) is 7.48. The monoisotopic (exact) mass is 324 g/mol. The Hall–Kier alpha value is -1.14. The van der Waals surface area contributed by atoms with Gasteiger partial charge >= 0.3 is 0 Å². The van der Waals surface area contributed by atoms with Gasteiger partial charge in [0.05, 0.1) is 6.10 Å². The third kappa shape index (κ3) is 3.25. The summed E-state index contributed by atoms with van der Waals surface area (Å²) >= 11 is 3.42. The van der Waals surface area contributed by atoms with Gasteiger partial charge in [0.15, 0.2) is 5.65 Å². The maximum atomic E-state index is 5.70. The minimum Gasteiger partial charge on any atom is -0.378 e. The molecule has 1 saturated heterocycles. The molecule has 1 N–H and O–H groups in total. The van der Waals surface area contributed by atoms with Crippen LogP contribution < -0.4 is 5.32 Å². The number of pyridine rings is 1. The Kier molecular flexibility index (Phi) is 3.98. The van der Waals surface area contributed by atoms with E-state index >= 15 is 0 Å². The Morgan fingerprint density at radius 3 is 3.21 bits per heavy atom. The molecule has 1 aliphatic heterocycles. The average molecular weight is 325 g/mol. The molecule has 0 spiro atoms. The van der Waals surface area contributed by atoms with Gasteiger partial charge in [-0.25, -0.2) is 4.52 Å². The van der Waals surface area contributed by atoms with Crippen molar-refractivity contribution in [2.75, 3.05) is 18.5 Å². The van der Waals surface area contributed by atoms with Crippen LogP contribution in [0.5, 0.6) is 0 Å². The van der Waals surface area contributed by atoms with E-state index in [9.17, 15) is 0 Å². The normalized spacial score (nSPS) is 19.7. The van der Waals surface area contributed by atoms with Crippen molar-refractivity contribution in [1.29, 1.82) is 0 Å². The summed E-state index contributed by atoms with van der Waals surface area (Å²) in [6.45, 7) is 1.76. The van der Waals surface area contributed by atoms with Crippen LogP contribution in [0.25, 0.3) is 5.65 Å². The van der Waals surface area contributed by atoms with Crippen LogP contribution in [0.4, 0.5) is 5.95 Å². The number of ether oxygens (including phenoxy) is 1. The van der Waals surface area contributed by atoms with Crippen molar-refractivity contribution in [3.05, 3.63) is 22.8 Å². The fourth-order valence-electron chi connectivity index (χ4n) is 2.31. The minimum absolute atomic E-state index is 0.396. The second-order valence-corrected chi connectivity index (χ2v) is 5.71. The van der Waals surface area contributed by atoms with Gasteiger partial charge in [-0.05, 0) is 53.7 Å². The first kappa shape index (κ1) is 12.9. The third-order valence-electron chi connectivity index (χ3n) is 3.32. The van der Waals surface area contributed by atoms with Crippen LogP contribution in [0, 0.1) is 0 Å². The zero-order chi connectivity index (χ0) is 13.1. The second-order valence-electron chi connectivity index (χ2n) is 4.79. The third-order valence-corrected chi connectivity index (χ3v) is 3.79. The van der Waals surface area contributed by atoms with Gasteiger partial charge in [0, 0.05) is 23.8 Å². The number of halogens is 1. The lowest BCUT2D eigenvalue weighted by Crippen LogP contribution is -2.22. The van der Waals surface area contributed by atoms with Crippen molar-refractivity contribution < 1.29 is 4.74 Å². The van der Waals surface area contributed by atoms with Crippen LogP contribution >= 0.6 is 15.9 Å². The van der Waals surface area contributed by atoms with Crippen LogP contribution in [-0.4, -0.2) is 33.9 Å². The van der Waals surface area contributed by atoms with E-state index in [4.69, 9.17) is 4.74 Å². The van der Waals surface area contributed by atoms with Crippen molar-refractivity contribution in [3.63, 3.8) is 0 Å². The molecule has 0 saturated carbocycles. The highest BCUT2D eigenvalue weighted by Gasteiger charge is 2.13. The minimum atomic E-state index is 0.396. The van der Waals surface area contributed by atoms with Crippen molar-refractivity contribution >= 4 is 27.5 Å². The van der Waals surface area contributed by atoms with Crippen LogP contribution in [0.2, 0.25) is 0 Å². The van der Waals surface area contributed by atoms with E-state index in [2.05, 4.69) is 31.3 Å². The van der Waals surface area contributed by atoms with Gasteiger partial charge in [0.1, 0.15) is 0 Å². The average Bonchev–Trinajstić information content (AvgIpc) is 2.82. The number of fused-ring (bicyclic) bond motifs is 1. The molecule has 1 unspecified atom stereocenters. The molecule has 0 aromatic carbocycles. The number of rotatable bonds is 4. The molecule has 0 aliphatic carbocycles. The SMILES string of the molecule is Brc1ccc2nc(NCCC3CCCCO3)nn2c1. The molecule has 3 rings (SSSR count). The summed E-state index contributed by atoms with van der Waals surface area (Å²) in [4.78, 5) is 4.42. The van der Waals surface area contributed by atoms with Gasteiger partial charge in [0.2, 0.25) is 5.95 Å². The molecule has 1 atom stereocenters. The van der Waals surface area contributed by atoms with Gasteiger partial charge in [-0.2, -0.15) is 4.98 Å². The largest absolute Gasteiger partial charge is 0.378 e. The van der Waals surface area contributed by atoms with Gasteiger partial charge in [-0.1, -0.05) is 0 Å². The van der Waals surface area contributed by atoms with Gasteiger partial charge in [0.25, 0.3) is 0 Å². The summed E-state index contributed by atoms with van der Waals surface area (Å²) in [6.07, 6.45) is 6.97. The quantitative estimate of drug-likeness (QED) is 0.939. The Morgan fingerprint density at radius 1 is 1.42 bits per heavy atom. The van der Waals surface area contributed by atoms with E-state index in [1.807, 2.05) is 18.3 Å². The smallest absolute Gasteiger partial charge is 0.243 e. The molecule has 5 nitrogen and oxygen atoms in total. The lowest BCUT2D eigenvalue weighted by atomic mass is 10.1. The molecule has 0 bridgehead atoms. The van der Waals surface area contributed by atoms with Crippen LogP contribution in [-0.2, 0) is 4.74 Å². The predicted molar refractivity (Wildman–Crippen MR) is 77.4 cm³/mol. The van der Waals surface area contributed by atoms with E-state index in [1.54, 1.807) is 4.52 Å². The zero-order valence-corrected chi connectivity index (χ0v) is 12.3. The molecule has 0 amide bonds. The summed E-state index contributed by atoms with van der Waals surface area (Å²) in [5.74, 6) is 0.675. The number of hydrogen-bond acceptors (Lipinski definition) is 4. The summed E-state index contributed by atoms with van der Waals surface area (Å²) < 4.78 is 8.46. The van der Waals surface area contributed by atoms with Crippen molar-refractivity contribution in [2.45, 2.75) is 31.8 Å². The van der Waals surface area contributed by atoms with Crippen LogP contribution in [0.15, 0.2) is 22.8 Å². The van der Waals surface area contributed by atoms with Gasteiger partial charge in [-0.15, -0.1) is 5.10 Å². The maximum absolute atomic E-state index is 5.70. The lowest BCUT2D eigenvalue weighted by molar-refractivity contribution is 0.0134. The number of anilines is 1. The summed E-state index contributed by atoms with van der Waals surface area (Å²) in [7, 11) is 0. The van der Waals surface area contributed by atoms with E-state index in [0.29, 0.717) is 12.1 Å². The number of nitrogens with one attached hydrogen (secondary N) is 1. The standard InChI is InChI=1S/C13H17BrN4O/c14-10-4-5-12-16-13(17-18(12)9-10)15-7-6-11-3-1-2-8-19-11/h4-5,9,11H,1-3,6-8H2,(H,15,17). The van der Waals surface area contributed by atoms with E-state index < -0.39 is 0 Å². The highest BCUT2D eigenvalue weighted by molar-refractivity contribution is 9.10. The molecule has 0 radical (unpaired) electrons. The molecule has 3 heterocycles. The Morgan fingerprint density at radius 2 is 2.37 bits per heavy atom. The van der Waals surface area contributed by atoms with E-state index in [0.717, 1.165) is 29.7 Å². The maximum Gasteiger partial charge on any atom is 0.243 e. The molecule has 19 heavy (non-hydrogen) atoms. The topological polar surface area (TPSA) is 51.5 Å². The highest BCUT2D eigenvalue weighted by atomic mass is 79.9. The summed E-state index contributed by atoms with van der Waals surface area (Å²) in [6, 6.07) is 3.90. The predicted octanol–water partition coefficient (Wildman–Crippen LogP) is 2.86. The zero-order valence-electron chi connectivity index (χ0n) is 10.7. The molecular weight excluding hydrogens is 308 g/mol. The first-order valence-electron chi connectivity index (χ1n) is 6.69. The Bertz CT molecular complexity index is 551. The summed E-state index contributed by atoms with van der Waals surface area (Å²) in [5, 5.41) is 7.64. The van der Waals surface area contributed by atoms with Crippen molar-refractivity contribution in [3.8, 4) is 0 Å². The van der Waals surface area contributed by atoms with E-state index in [1.165, 1.54) is 19.3 Å². The molecule has 1 aliphatic rings. The molecule has 102 valence electrons. The fourth-order valence-corrected chi connectivity index (χ4v) is 2.64. The number of nitrogens with zero attached hydrogens (tertiary/aromatic N) is 3. The molecule has 2 aromatic heterocycles. The second kappa shape index (κ2) is 5.88. The lowest BCUT2D eigenvalue weighted by Gasteiger charge is -2.22. The molecule has 2 aromatic rings. The Labute approximate surface area is 120 Å². The van der Waals surface area contributed by atoms with Crippen molar-refractivity contribution in [2.24, 2.45) is 0 Å². The molecule has 1 fully saturated rings. The fraction of sp³-hybridized carbons (Fsp3) is 0.538. The van der Waals surface area contributed by atoms with Gasteiger partial charge < -0.3 is 10.1 Å². The van der Waals surface area contributed by atoms with Crippen LogP contribution in [0.3, 0.4) is 0 Å². The first-order chi connectivity index (χ1) is 9.31. The number of hydrogen-bond donors (Lipinski definition) is 1. The van der Waals surface area contributed by atoms with Crippen molar-refractivity contribution in [1.82, 2.24) is 14.6 Å². The van der Waals surface area contributed by atoms with E-state index in [-0.39, 0.29) is 0 Å². The van der Waals surface area contributed by atoms with Crippen LogP contribution in [0.1, 0.15) is 25.7 Å². The highest BCUT2D eigenvalue weighted by Crippen LogP contribution is 2.16. The van der Waals surface area contributed by atoms with Gasteiger partial charge in [-0.3, -0.25) is 0 Å². The molecular formula is C13H17BrN4O.